The highest BCUT2D eigenvalue weighted by Gasteiger charge is 2.26. The summed E-state index contributed by atoms with van der Waals surface area (Å²) in [7, 11) is 2.22. The van der Waals surface area contributed by atoms with Gasteiger partial charge >= 0.3 is 0 Å². The monoisotopic (exact) mass is 211 g/mol. The molecule has 0 aromatic rings. The second-order valence-electron chi connectivity index (χ2n) is 3.85. The topological polar surface area (TPSA) is 40.1 Å². The van der Waals surface area contributed by atoms with Gasteiger partial charge in [-0.2, -0.15) is 0 Å². The maximum absolute atomic E-state index is 11.2. The van der Waals surface area contributed by atoms with Gasteiger partial charge in [-0.05, 0) is 17.6 Å². The number of hydrogen-bond acceptors (Lipinski definition) is 3. The Labute approximate surface area is 79.9 Å². The fourth-order valence-electron chi connectivity index (χ4n) is 1.17. The van der Waals surface area contributed by atoms with Gasteiger partial charge in [0, 0.05) is 15.2 Å². The predicted molar refractivity (Wildman–Crippen MR) is 53.0 cm³/mol. The summed E-state index contributed by atoms with van der Waals surface area (Å²) in [4.78, 5) is 0. The molecule has 0 aromatic carbocycles. The van der Waals surface area contributed by atoms with E-state index in [0.29, 0.717) is 10.9 Å². The Kier molecular flexibility index (Phi) is 4.10. The first-order chi connectivity index (χ1) is 5.19. The van der Waals surface area contributed by atoms with Crippen LogP contribution in [0.3, 0.4) is 0 Å². The summed E-state index contributed by atoms with van der Waals surface area (Å²) in [5.41, 5.74) is 0. The molecule has 0 N–H and O–H groups in total. The Bertz CT molecular complexity index is 228. The van der Waals surface area contributed by atoms with Gasteiger partial charge in [-0.3, -0.25) is 4.21 Å². The zero-order chi connectivity index (χ0) is 9.99. The maximum atomic E-state index is 11.2. The molecule has 0 bridgehead atoms. The lowest BCUT2D eigenvalue weighted by Crippen LogP contribution is -2.49. The summed E-state index contributed by atoms with van der Waals surface area (Å²) in [6.45, 7) is 1.96. The summed E-state index contributed by atoms with van der Waals surface area (Å²) in [5, 5.41) is -0.447. The van der Waals surface area contributed by atoms with Crippen molar-refractivity contribution in [3.8, 4) is 0 Å². The Morgan fingerprint density at radius 1 is 1.50 bits per heavy atom. The quantitative estimate of drug-likeness (QED) is 0.643. The van der Waals surface area contributed by atoms with E-state index in [4.69, 9.17) is 0 Å². The first-order valence-electron chi connectivity index (χ1n) is 3.95. The summed E-state index contributed by atoms with van der Waals surface area (Å²) < 4.78 is 22.7. The zero-order valence-corrected chi connectivity index (χ0v) is 9.70. The first kappa shape index (κ1) is 12.3. The van der Waals surface area contributed by atoms with Gasteiger partial charge in [-0.25, -0.2) is 0 Å². The van der Waals surface area contributed by atoms with Crippen LogP contribution in [0.2, 0.25) is 0 Å². The third kappa shape index (κ3) is 3.80. The maximum Gasteiger partial charge on any atom is 0.154 e. The third-order valence-corrected chi connectivity index (χ3v) is 3.93. The average Bonchev–Trinajstić information content (AvgIpc) is 1.77. The molecule has 5 heteroatoms. The van der Waals surface area contributed by atoms with Gasteiger partial charge in [-0.15, -0.1) is 0 Å². The van der Waals surface area contributed by atoms with E-state index in [0.717, 1.165) is 6.42 Å². The highest BCUT2D eigenvalue weighted by atomic mass is 32.8. The van der Waals surface area contributed by atoms with Gasteiger partial charge in [0.05, 0.1) is 21.1 Å². The summed E-state index contributed by atoms with van der Waals surface area (Å²) >= 11 is 4.48. The van der Waals surface area contributed by atoms with Crippen LogP contribution in [0.15, 0.2) is 0 Å². The van der Waals surface area contributed by atoms with Crippen LogP contribution in [0.1, 0.15) is 19.8 Å². The van der Waals surface area contributed by atoms with Gasteiger partial charge in [0.25, 0.3) is 0 Å². The Balaban J connectivity index is 4.70. The van der Waals surface area contributed by atoms with Gasteiger partial charge < -0.3 is 9.04 Å². The van der Waals surface area contributed by atoms with Crippen LogP contribution in [-0.2, 0) is 20.0 Å². The van der Waals surface area contributed by atoms with Crippen molar-refractivity contribution in [2.75, 3.05) is 21.1 Å². The highest BCUT2D eigenvalue weighted by molar-refractivity contribution is 8.29. The second-order valence-corrected chi connectivity index (χ2v) is 6.78. The molecule has 0 aliphatic rings. The van der Waals surface area contributed by atoms with Gasteiger partial charge in [-0.1, -0.05) is 6.92 Å². The van der Waals surface area contributed by atoms with E-state index in [1.54, 1.807) is 0 Å². The number of quaternary nitrogens is 1. The molecule has 0 saturated heterocycles. The van der Waals surface area contributed by atoms with Crippen LogP contribution >= 0.6 is 0 Å². The molecule has 0 spiro atoms. The van der Waals surface area contributed by atoms with Crippen molar-refractivity contribution in [1.82, 2.24) is 0 Å². The Hall–Kier alpha value is 0.290. The fourth-order valence-corrected chi connectivity index (χ4v) is 3.53. The molecular formula is C7H17NO2S2. The van der Waals surface area contributed by atoms with Crippen LogP contribution in [0.4, 0.5) is 0 Å². The first-order valence-corrected chi connectivity index (χ1v) is 6.42. The van der Waals surface area contributed by atoms with E-state index in [1.807, 2.05) is 28.1 Å². The van der Waals surface area contributed by atoms with Crippen LogP contribution in [-0.4, -0.2) is 39.8 Å². The lowest BCUT2D eigenvalue weighted by Gasteiger charge is -2.37. The molecule has 0 rings (SSSR count). The molecule has 0 aliphatic heterocycles. The van der Waals surface area contributed by atoms with Crippen LogP contribution < -0.4 is 0 Å². The molecule has 0 amide bonds. The average molecular weight is 211 g/mol. The molecule has 0 aliphatic carbocycles. The van der Waals surface area contributed by atoms with Gasteiger partial charge in [0.2, 0.25) is 0 Å². The molecule has 0 aromatic heterocycles. The molecule has 0 heterocycles. The molecule has 0 fully saturated rings. The van der Waals surface area contributed by atoms with E-state index in [1.165, 1.54) is 0 Å². The Morgan fingerprint density at radius 2 is 1.92 bits per heavy atom. The molecule has 0 saturated carbocycles. The lowest BCUT2D eigenvalue weighted by atomic mass is 10.3. The number of nitrogens with zero attached hydrogens (tertiary/aromatic N) is 1. The molecule has 12 heavy (non-hydrogen) atoms. The molecule has 2 unspecified atom stereocenters. The fraction of sp³-hybridized carbons (Fsp3) is 1.00. The summed E-state index contributed by atoms with van der Waals surface area (Å²) in [6, 6.07) is 0. The second kappa shape index (κ2) is 4.00. The normalized spacial score (nSPS) is 20.1. The molecule has 2 atom stereocenters. The van der Waals surface area contributed by atoms with Crippen molar-refractivity contribution in [3.05, 3.63) is 0 Å². The largest absolute Gasteiger partial charge is 0.765 e. The smallest absolute Gasteiger partial charge is 0.154 e. The van der Waals surface area contributed by atoms with Crippen molar-refractivity contribution in [1.29, 1.82) is 0 Å². The van der Waals surface area contributed by atoms with E-state index in [2.05, 4.69) is 11.2 Å². The predicted octanol–water partition coefficient (Wildman–Crippen LogP) is 0.696. The van der Waals surface area contributed by atoms with Gasteiger partial charge in [0.15, 0.2) is 5.37 Å². The summed E-state index contributed by atoms with van der Waals surface area (Å²) in [6.07, 6.45) is 1.48. The minimum atomic E-state index is -3.33. The van der Waals surface area contributed by atoms with E-state index >= 15 is 0 Å². The van der Waals surface area contributed by atoms with E-state index in [9.17, 15) is 8.76 Å². The van der Waals surface area contributed by atoms with Crippen molar-refractivity contribution in [2.45, 2.75) is 25.1 Å². The minimum absolute atomic E-state index is 0.389. The van der Waals surface area contributed by atoms with Gasteiger partial charge in [0.1, 0.15) is 0 Å². The van der Waals surface area contributed by atoms with Crippen molar-refractivity contribution in [3.63, 3.8) is 0 Å². The molecular weight excluding hydrogens is 194 g/mol. The van der Waals surface area contributed by atoms with Crippen LogP contribution in [0.5, 0.6) is 0 Å². The third-order valence-electron chi connectivity index (χ3n) is 1.73. The van der Waals surface area contributed by atoms with Crippen molar-refractivity contribution in [2.24, 2.45) is 0 Å². The van der Waals surface area contributed by atoms with Crippen LogP contribution in [0, 0.1) is 0 Å². The van der Waals surface area contributed by atoms with E-state index in [-0.39, 0.29) is 0 Å². The lowest BCUT2D eigenvalue weighted by molar-refractivity contribution is -0.882. The number of hydrogen-bond donors (Lipinski definition) is 0. The molecule has 0 radical (unpaired) electrons. The SMILES string of the molecule is CCCC([N+](C)(C)C)S(=O)([O-])=S. The van der Waals surface area contributed by atoms with Crippen molar-refractivity contribution < 1.29 is 13.2 Å². The van der Waals surface area contributed by atoms with Crippen LogP contribution in [0.25, 0.3) is 0 Å². The van der Waals surface area contributed by atoms with E-state index < -0.39 is 14.1 Å². The summed E-state index contributed by atoms with van der Waals surface area (Å²) in [5.74, 6) is 0. The highest BCUT2D eigenvalue weighted by Crippen LogP contribution is 2.15. The standard InChI is InChI=1S/C7H17NO2S2/c1-5-6-7(8(2,3)4)12(9,10)11/h7H,5-6H2,1-4H3. The minimum Gasteiger partial charge on any atom is -0.765 e. The Morgan fingerprint density at radius 3 is 2.00 bits per heavy atom. The zero-order valence-electron chi connectivity index (χ0n) is 8.07. The van der Waals surface area contributed by atoms with Crippen molar-refractivity contribution >= 4 is 20.0 Å². The molecule has 74 valence electrons. The molecule has 3 nitrogen and oxygen atoms in total. The number of rotatable bonds is 4.